The Morgan fingerprint density at radius 2 is 1.90 bits per heavy atom. The first-order chi connectivity index (χ1) is 9.97. The van der Waals surface area contributed by atoms with E-state index >= 15 is 0 Å². The second-order valence-electron chi connectivity index (χ2n) is 5.03. The van der Waals surface area contributed by atoms with Crippen LogP contribution in [0, 0.1) is 11.8 Å². The Balaban J connectivity index is 2.54. The molecule has 118 valence electrons. The van der Waals surface area contributed by atoms with Crippen LogP contribution in [0.3, 0.4) is 0 Å². The number of carbonyl (C=O) groups is 3. The van der Waals surface area contributed by atoms with Crippen molar-refractivity contribution in [3.05, 3.63) is 12.2 Å². The number of carboxylic acid groups (broad SMARTS) is 1. The molecule has 0 saturated heterocycles. The van der Waals surface area contributed by atoms with Gasteiger partial charge in [-0.15, -0.1) is 0 Å². The van der Waals surface area contributed by atoms with Gasteiger partial charge in [-0.25, -0.2) is 0 Å². The Labute approximate surface area is 123 Å². The maximum Gasteiger partial charge on any atom is 0.307 e. The van der Waals surface area contributed by atoms with Gasteiger partial charge in [0.05, 0.1) is 25.0 Å². The highest BCUT2D eigenvalue weighted by atomic mass is 16.5. The zero-order valence-electron chi connectivity index (χ0n) is 12.4. The van der Waals surface area contributed by atoms with Gasteiger partial charge < -0.3 is 20.1 Å². The number of rotatable bonds is 7. The molecular formula is C14H22N2O5. The third-order valence-electron chi connectivity index (χ3n) is 3.45. The number of nitrogens with one attached hydrogen (secondary N) is 1. The SMILES string of the molecule is COCCNC(=O)CN(C)C(=O)C1CC=CCC1C(=O)O. The monoisotopic (exact) mass is 298 g/mol. The van der Waals surface area contributed by atoms with Crippen molar-refractivity contribution < 1.29 is 24.2 Å². The number of aliphatic carboxylic acids is 1. The van der Waals surface area contributed by atoms with E-state index < -0.39 is 17.8 Å². The van der Waals surface area contributed by atoms with Gasteiger partial charge in [0.25, 0.3) is 0 Å². The van der Waals surface area contributed by atoms with Gasteiger partial charge in [-0.2, -0.15) is 0 Å². The molecule has 0 spiro atoms. The molecule has 0 heterocycles. The molecule has 7 heteroatoms. The number of allylic oxidation sites excluding steroid dienone is 2. The highest BCUT2D eigenvalue weighted by Crippen LogP contribution is 2.27. The summed E-state index contributed by atoms with van der Waals surface area (Å²) in [6, 6.07) is 0. The first kappa shape index (κ1) is 17.2. The fourth-order valence-corrected chi connectivity index (χ4v) is 2.28. The third-order valence-corrected chi connectivity index (χ3v) is 3.45. The van der Waals surface area contributed by atoms with Crippen LogP contribution >= 0.6 is 0 Å². The van der Waals surface area contributed by atoms with Crippen LogP contribution in [-0.4, -0.2) is 61.6 Å². The summed E-state index contributed by atoms with van der Waals surface area (Å²) in [7, 11) is 3.04. The van der Waals surface area contributed by atoms with Crippen molar-refractivity contribution in [1.29, 1.82) is 0 Å². The van der Waals surface area contributed by atoms with Gasteiger partial charge in [-0.3, -0.25) is 14.4 Å². The molecule has 0 aliphatic heterocycles. The largest absolute Gasteiger partial charge is 0.481 e. The minimum absolute atomic E-state index is 0.0882. The topological polar surface area (TPSA) is 95.9 Å². The van der Waals surface area contributed by atoms with E-state index in [1.54, 1.807) is 6.08 Å². The highest BCUT2D eigenvalue weighted by molar-refractivity contribution is 5.88. The fourth-order valence-electron chi connectivity index (χ4n) is 2.28. The van der Waals surface area contributed by atoms with E-state index in [1.165, 1.54) is 19.1 Å². The summed E-state index contributed by atoms with van der Waals surface area (Å²) >= 11 is 0. The number of methoxy groups -OCH3 is 1. The molecule has 0 radical (unpaired) electrons. The quantitative estimate of drug-likeness (QED) is 0.504. The fraction of sp³-hybridized carbons (Fsp3) is 0.643. The molecule has 7 nitrogen and oxygen atoms in total. The summed E-state index contributed by atoms with van der Waals surface area (Å²) in [6.07, 6.45) is 4.33. The van der Waals surface area contributed by atoms with Gasteiger partial charge >= 0.3 is 5.97 Å². The number of hydrogen-bond donors (Lipinski definition) is 2. The maximum atomic E-state index is 12.3. The van der Waals surface area contributed by atoms with Gasteiger partial charge in [0.2, 0.25) is 11.8 Å². The van der Waals surface area contributed by atoms with Crippen LogP contribution in [0.5, 0.6) is 0 Å². The van der Waals surface area contributed by atoms with Crippen LogP contribution in [0.2, 0.25) is 0 Å². The number of nitrogens with zero attached hydrogens (tertiary/aromatic N) is 1. The molecule has 1 rings (SSSR count). The molecule has 0 saturated carbocycles. The first-order valence-electron chi connectivity index (χ1n) is 6.85. The Kier molecular flexibility index (Phi) is 6.87. The summed E-state index contributed by atoms with van der Waals surface area (Å²) in [5.74, 6) is -2.91. The number of likely N-dealkylation sites (N-methyl/N-ethyl adjacent to an activating group) is 1. The first-order valence-corrected chi connectivity index (χ1v) is 6.85. The van der Waals surface area contributed by atoms with Gasteiger partial charge in [0.1, 0.15) is 0 Å². The van der Waals surface area contributed by atoms with Crippen molar-refractivity contribution in [1.82, 2.24) is 10.2 Å². The van der Waals surface area contributed by atoms with Crippen LogP contribution in [0.1, 0.15) is 12.8 Å². The highest BCUT2D eigenvalue weighted by Gasteiger charge is 2.35. The molecule has 21 heavy (non-hydrogen) atoms. The normalized spacial score (nSPS) is 20.9. The molecule has 2 N–H and O–H groups in total. The van der Waals surface area contributed by atoms with E-state index in [-0.39, 0.29) is 18.4 Å². The lowest BCUT2D eigenvalue weighted by molar-refractivity contribution is -0.150. The maximum absolute atomic E-state index is 12.3. The summed E-state index contributed by atoms with van der Waals surface area (Å²) in [5.41, 5.74) is 0. The Morgan fingerprint density at radius 3 is 2.48 bits per heavy atom. The van der Waals surface area contributed by atoms with Crippen molar-refractivity contribution in [3.8, 4) is 0 Å². The average molecular weight is 298 g/mol. The van der Waals surface area contributed by atoms with Crippen LogP contribution < -0.4 is 5.32 Å². The third kappa shape index (κ3) is 5.18. The minimum atomic E-state index is -0.976. The van der Waals surface area contributed by atoms with E-state index in [4.69, 9.17) is 9.84 Å². The number of carboxylic acids is 1. The van der Waals surface area contributed by atoms with Crippen molar-refractivity contribution in [3.63, 3.8) is 0 Å². The molecule has 0 bridgehead atoms. The van der Waals surface area contributed by atoms with Gasteiger partial charge in [-0.05, 0) is 12.8 Å². The molecule has 2 atom stereocenters. The molecule has 0 aromatic carbocycles. The predicted molar refractivity (Wildman–Crippen MR) is 75.5 cm³/mol. The van der Waals surface area contributed by atoms with Gasteiger partial charge in [-0.1, -0.05) is 12.2 Å². The van der Waals surface area contributed by atoms with E-state index in [0.717, 1.165) is 0 Å². The number of carbonyl (C=O) groups excluding carboxylic acids is 2. The Morgan fingerprint density at radius 1 is 1.29 bits per heavy atom. The molecule has 2 unspecified atom stereocenters. The number of amides is 2. The van der Waals surface area contributed by atoms with E-state index in [0.29, 0.717) is 26.0 Å². The zero-order chi connectivity index (χ0) is 15.8. The van der Waals surface area contributed by atoms with Crippen LogP contribution in [0.4, 0.5) is 0 Å². The second-order valence-corrected chi connectivity index (χ2v) is 5.03. The van der Waals surface area contributed by atoms with Crippen molar-refractivity contribution in [2.45, 2.75) is 12.8 Å². The predicted octanol–water partition coefficient (Wildman–Crippen LogP) is -0.126. The molecule has 0 fully saturated rings. The average Bonchev–Trinajstić information content (AvgIpc) is 2.46. The van der Waals surface area contributed by atoms with E-state index in [2.05, 4.69) is 5.32 Å². The molecule has 0 aromatic heterocycles. The van der Waals surface area contributed by atoms with E-state index in [1.807, 2.05) is 6.08 Å². The standard InChI is InChI=1S/C14H22N2O5/c1-16(9-12(17)15-7-8-21-2)13(18)10-5-3-4-6-11(10)14(19)20/h3-4,10-11H,5-9H2,1-2H3,(H,15,17)(H,19,20). The van der Waals surface area contributed by atoms with E-state index in [9.17, 15) is 14.4 Å². The van der Waals surface area contributed by atoms with Crippen molar-refractivity contribution in [2.75, 3.05) is 33.9 Å². The smallest absolute Gasteiger partial charge is 0.307 e. The lowest BCUT2D eigenvalue weighted by Gasteiger charge is -2.28. The second kappa shape index (κ2) is 8.41. The van der Waals surface area contributed by atoms with Crippen molar-refractivity contribution >= 4 is 17.8 Å². The van der Waals surface area contributed by atoms with Crippen LogP contribution in [0.15, 0.2) is 12.2 Å². The molecule has 1 aliphatic rings. The van der Waals surface area contributed by atoms with Gasteiger partial charge in [0, 0.05) is 20.7 Å². The summed E-state index contributed by atoms with van der Waals surface area (Å²) in [6.45, 7) is 0.689. The molecule has 0 aromatic rings. The zero-order valence-corrected chi connectivity index (χ0v) is 12.4. The summed E-state index contributed by atoms with van der Waals surface area (Å²) in [4.78, 5) is 36.4. The molecule has 2 amide bonds. The van der Waals surface area contributed by atoms with Gasteiger partial charge in [0.15, 0.2) is 0 Å². The molecule has 1 aliphatic carbocycles. The van der Waals surface area contributed by atoms with Crippen LogP contribution in [0.25, 0.3) is 0 Å². The Hall–Kier alpha value is -1.89. The Bertz CT molecular complexity index is 422. The molecular weight excluding hydrogens is 276 g/mol. The summed E-state index contributed by atoms with van der Waals surface area (Å²) < 4.78 is 4.81. The number of ether oxygens (including phenoxy) is 1. The minimum Gasteiger partial charge on any atom is -0.481 e. The lowest BCUT2D eigenvalue weighted by Crippen LogP contribution is -2.44. The number of hydrogen-bond acceptors (Lipinski definition) is 4. The lowest BCUT2D eigenvalue weighted by atomic mass is 9.82. The van der Waals surface area contributed by atoms with Crippen molar-refractivity contribution in [2.24, 2.45) is 11.8 Å². The van der Waals surface area contributed by atoms with Crippen LogP contribution in [-0.2, 0) is 19.1 Å². The summed E-state index contributed by atoms with van der Waals surface area (Å²) in [5, 5.41) is 11.8.